The molecule has 1 heteroatoms. The van der Waals surface area contributed by atoms with Gasteiger partial charge in [-0.1, -0.05) is 31.9 Å². The minimum absolute atomic E-state index is 0.129. The smallest absolute Gasteiger partial charge is 0.0512 e. The van der Waals surface area contributed by atoms with Gasteiger partial charge in [-0.3, -0.25) is 0 Å². The summed E-state index contributed by atoms with van der Waals surface area (Å²) in [5.74, 6) is 0. The maximum absolute atomic E-state index is 8.93. The van der Waals surface area contributed by atoms with Gasteiger partial charge in [-0.05, 0) is 26.2 Å². The Balaban J connectivity index is 2.85. The molecular weight excluding hydrogens is 136 g/mol. The maximum Gasteiger partial charge on any atom is 0.0512 e. The van der Waals surface area contributed by atoms with E-state index in [9.17, 15) is 0 Å². The number of aliphatic hydroxyl groups is 1. The lowest BCUT2D eigenvalue weighted by molar-refractivity contribution is 0.180. The first kappa shape index (κ1) is 10.7. The van der Waals surface area contributed by atoms with E-state index in [0.717, 1.165) is 19.3 Å². The van der Waals surface area contributed by atoms with Gasteiger partial charge < -0.3 is 5.11 Å². The molecule has 0 rings (SSSR count). The molecule has 0 heterocycles. The summed E-state index contributed by atoms with van der Waals surface area (Å²) in [5, 5.41) is 8.93. The van der Waals surface area contributed by atoms with Crippen molar-refractivity contribution in [2.45, 2.75) is 51.6 Å². The summed E-state index contributed by atoms with van der Waals surface area (Å²) in [6.45, 7) is 7.07. The second-order valence-electron chi connectivity index (χ2n) is 3.08. The Morgan fingerprint density at radius 2 is 1.91 bits per heavy atom. The Hall–Kier alpha value is -0.300. The SMILES string of the molecule is [CH]=CCCCCCCC(C)O. The average molecular weight is 155 g/mol. The molecule has 1 atom stereocenters. The summed E-state index contributed by atoms with van der Waals surface area (Å²) in [4.78, 5) is 0. The highest BCUT2D eigenvalue weighted by molar-refractivity contribution is 4.61. The predicted molar refractivity (Wildman–Crippen MR) is 48.3 cm³/mol. The van der Waals surface area contributed by atoms with Crippen molar-refractivity contribution in [2.24, 2.45) is 0 Å². The normalized spacial score (nSPS) is 12.9. The molecule has 0 aliphatic heterocycles. The van der Waals surface area contributed by atoms with Crippen LogP contribution in [0.25, 0.3) is 0 Å². The van der Waals surface area contributed by atoms with Crippen molar-refractivity contribution in [1.29, 1.82) is 0 Å². The fourth-order valence-electron chi connectivity index (χ4n) is 1.06. The van der Waals surface area contributed by atoms with Crippen molar-refractivity contribution in [2.75, 3.05) is 0 Å². The first-order valence-electron chi connectivity index (χ1n) is 4.49. The topological polar surface area (TPSA) is 20.2 Å². The molecule has 65 valence electrons. The molecule has 0 aliphatic rings. The van der Waals surface area contributed by atoms with Crippen molar-refractivity contribution in [1.82, 2.24) is 0 Å². The molecule has 0 bridgehead atoms. The van der Waals surface area contributed by atoms with Crippen molar-refractivity contribution >= 4 is 0 Å². The minimum Gasteiger partial charge on any atom is -0.393 e. The highest BCUT2D eigenvalue weighted by Gasteiger charge is 1.94. The van der Waals surface area contributed by atoms with Gasteiger partial charge in [-0.25, -0.2) is 0 Å². The van der Waals surface area contributed by atoms with Gasteiger partial charge in [0.15, 0.2) is 0 Å². The molecule has 0 saturated heterocycles. The van der Waals surface area contributed by atoms with E-state index in [1.54, 1.807) is 6.08 Å². The van der Waals surface area contributed by atoms with Crippen LogP contribution in [0.5, 0.6) is 0 Å². The van der Waals surface area contributed by atoms with Gasteiger partial charge in [-0.2, -0.15) is 0 Å². The van der Waals surface area contributed by atoms with Crippen LogP contribution in [0.1, 0.15) is 45.4 Å². The molecule has 11 heavy (non-hydrogen) atoms. The first-order valence-corrected chi connectivity index (χ1v) is 4.49. The quantitative estimate of drug-likeness (QED) is 0.560. The van der Waals surface area contributed by atoms with E-state index in [1.807, 2.05) is 6.92 Å². The number of hydrogen-bond donors (Lipinski definition) is 1. The molecule has 0 aromatic heterocycles. The van der Waals surface area contributed by atoms with E-state index < -0.39 is 0 Å². The van der Waals surface area contributed by atoms with Crippen LogP contribution < -0.4 is 0 Å². The summed E-state index contributed by atoms with van der Waals surface area (Å²) in [7, 11) is 0. The highest BCUT2D eigenvalue weighted by atomic mass is 16.3. The van der Waals surface area contributed by atoms with Gasteiger partial charge >= 0.3 is 0 Å². The molecule has 0 aromatic carbocycles. The predicted octanol–water partition coefficient (Wildman–Crippen LogP) is 2.70. The van der Waals surface area contributed by atoms with E-state index in [2.05, 4.69) is 0 Å². The van der Waals surface area contributed by atoms with E-state index in [1.165, 1.54) is 19.3 Å². The number of rotatable bonds is 7. The number of hydrogen-bond acceptors (Lipinski definition) is 1. The molecule has 1 unspecified atom stereocenters. The molecule has 0 aromatic rings. The Kier molecular flexibility index (Phi) is 7.59. The number of aliphatic hydroxyl groups excluding tert-OH is 1. The Labute approximate surface area is 70.1 Å². The monoisotopic (exact) mass is 155 g/mol. The van der Waals surface area contributed by atoms with Gasteiger partial charge in [0, 0.05) is 0 Å². The summed E-state index contributed by atoms with van der Waals surface area (Å²) >= 11 is 0. The Bertz CT molecular complexity index is 86.9. The third-order valence-corrected chi connectivity index (χ3v) is 1.74. The Morgan fingerprint density at radius 3 is 2.45 bits per heavy atom. The lowest BCUT2D eigenvalue weighted by atomic mass is 10.1. The Morgan fingerprint density at radius 1 is 1.27 bits per heavy atom. The molecular formula is C10H19O. The third kappa shape index (κ3) is 9.70. The third-order valence-electron chi connectivity index (χ3n) is 1.74. The molecule has 0 saturated carbocycles. The van der Waals surface area contributed by atoms with E-state index in [4.69, 9.17) is 11.7 Å². The molecule has 0 spiro atoms. The fourth-order valence-corrected chi connectivity index (χ4v) is 1.06. The van der Waals surface area contributed by atoms with E-state index in [0.29, 0.717) is 0 Å². The highest BCUT2D eigenvalue weighted by Crippen LogP contribution is 2.06. The average Bonchev–Trinajstić information content (AvgIpc) is 1.96. The standard InChI is InChI=1S/C10H19O/c1-3-4-5-6-7-8-9-10(2)11/h1,3,10-11H,4-9H2,2H3. The van der Waals surface area contributed by atoms with Gasteiger partial charge in [0.25, 0.3) is 0 Å². The van der Waals surface area contributed by atoms with Crippen LogP contribution in [-0.2, 0) is 0 Å². The van der Waals surface area contributed by atoms with Crippen molar-refractivity contribution in [3.8, 4) is 0 Å². The summed E-state index contributed by atoms with van der Waals surface area (Å²) in [5.41, 5.74) is 0. The van der Waals surface area contributed by atoms with Crippen LogP contribution in [0.3, 0.4) is 0 Å². The lowest BCUT2D eigenvalue weighted by Crippen LogP contribution is -1.97. The van der Waals surface area contributed by atoms with Crippen LogP contribution in [-0.4, -0.2) is 11.2 Å². The second kappa shape index (κ2) is 7.80. The van der Waals surface area contributed by atoms with Crippen molar-refractivity contribution in [3.05, 3.63) is 12.7 Å². The largest absolute Gasteiger partial charge is 0.393 e. The molecule has 0 amide bonds. The molecule has 1 nitrogen and oxygen atoms in total. The maximum atomic E-state index is 8.93. The van der Waals surface area contributed by atoms with Crippen molar-refractivity contribution in [3.63, 3.8) is 0 Å². The van der Waals surface area contributed by atoms with Crippen LogP contribution in [0, 0.1) is 6.58 Å². The second-order valence-corrected chi connectivity index (χ2v) is 3.08. The fraction of sp³-hybridized carbons (Fsp3) is 0.800. The van der Waals surface area contributed by atoms with Gasteiger partial charge in [0.05, 0.1) is 6.10 Å². The first-order chi connectivity index (χ1) is 5.27. The molecule has 0 fully saturated rings. The van der Waals surface area contributed by atoms with Crippen LogP contribution in [0.15, 0.2) is 6.08 Å². The van der Waals surface area contributed by atoms with E-state index in [-0.39, 0.29) is 6.10 Å². The molecule has 1 N–H and O–H groups in total. The van der Waals surface area contributed by atoms with Gasteiger partial charge in [-0.15, -0.1) is 0 Å². The zero-order chi connectivity index (χ0) is 8.53. The van der Waals surface area contributed by atoms with Gasteiger partial charge in [0.1, 0.15) is 0 Å². The summed E-state index contributed by atoms with van der Waals surface area (Å²) in [6.07, 6.45) is 8.34. The van der Waals surface area contributed by atoms with Crippen LogP contribution in [0.4, 0.5) is 0 Å². The summed E-state index contributed by atoms with van der Waals surface area (Å²) < 4.78 is 0. The van der Waals surface area contributed by atoms with Crippen LogP contribution in [0.2, 0.25) is 0 Å². The molecule has 1 radical (unpaired) electrons. The lowest BCUT2D eigenvalue weighted by Gasteiger charge is -2.02. The zero-order valence-electron chi connectivity index (χ0n) is 7.42. The summed E-state index contributed by atoms with van der Waals surface area (Å²) in [6, 6.07) is 0. The minimum atomic E-state index is -0.129. The van der Waals surface area contributed by atoms with Crippen LogP contribution >= 0.6 is 0 Å². The van der Waals surface area contributed by atoms with Gasteiger partial charge in [0.2, 0.25) is 0 Å². The zero-order valence-corrected chi connectivity index (χ0v) is 7.42. The molecule has 0 aliphatic carbocycles. The van der Waals surface area contributed by atoms with E-state index >= 15 is 0 Å². The number of allylic oxidation sites excluding steroid dienone is 1. The number of unbranched alkanes of at least 4 members (excludes halogenated alkanes) is 4. The van der Waals surface area contributed by atoms with Crippen molar-refractivity contribution < 1.29 is 5.11 Å².